The lowest BCUT2D eigenvalue weighted by molar-refractivity contribution is -0.133. The number of aromatic nitrogens is 1. The Morgan fingerprint density at radius 3 is 2.65 bits per heavy atom. The van der Waals surface area contributed by atoms with E-state index in [-0.39, 0.29) is 27.5 Å². The molecule has 0 saturated carbocycles. The molecular weight excluding hydrogens is 367 g/mol. The summed E-state index contributed by atoms with van der Waals surface area (Å²) in [6.45, 7) is 1.72. The number of methoxy groups -OCH3 is 1. The lowest BCUT2D eigenvalue weighted by Crippen LogP contribution is -2.08. The molecule has 26 heavy (non-hydrogen) atoms. The number of ether oxygens (including phenoxy) is 1. The van der Waals surface area contributed by atoms with Crippen LogP contribution in [-0.2, 0) is 16.2 Å². The number of benzene rings is 1. The van der Waals surface area contributed by atoms with Crippen molar-refractivity contribution in [2.75, 3.05) is 13.8 Å². The fourth-order valence-corrected chi connectivity index (χ4v) is 2.64. The first-order valence-corrected chi connectivity index (χ1v) is 7.87. The highest BCUT2D eigenvalue weighted by Crippen LogP contribution is 2.31. The Balaban J connectivity index is 2.72. The second-order valence-electron chi connectivity index (χ2n) is 5.16. The summed E-state index contributed by atoms with van der Waals surface area (Å²) >= 11 is 6.25. The predicted molar refractivity (Wildman–Crippen MR) is 95.5 cm³/mol. The molecule has 2 aromatic rings. The van der Waals surface area contributed by atoms with Gasteiger partial charge in [-0.3, -0.25) is 0 Å². The Hall–Kier alpha value is -2.60. The SMILES string of the molecule is C=Cc1c(Cl)cc(-c2ccc(F)c(CF)c2)nc1/C(=C\CF)C(=O)OC. The van der Waals surface area contributed by atoms with E-state index < -0.39 is 25.1 Å². The van der Waals surface area contributed by atoms with Gasteiger partial charge < -0.3 is 4.74 Å². The number of pyridine rings is 1. The first-order valence-electron chi connectivity index (χ1n) is 7.49. The highest BCUT2D eigenvalue weighted by atomic mass is 35.5. The summed E-state index contributed by atoms with van der Waals surface area (Å²) in [5, 5.41) is 0.194. The van der Waals surface area contributed by atoms with Crippen LogP contribution in [0, 0.1) is 5.82 Å². The average molecular weight is 382 g/mol. The summed E-state index contributed by atoms with van der Waals surface area (Å²) in [5.41, 5.74) is 0.774. The number of carbonyl (C=O) groups is 1. The van der Waals surface area contributed by atoms with Gasteiger partial charge in [-0.15, -0.1) is 0 Å². The van der Waals surface area contributed by atoms with E-state index in [9.17, 15) is 18.0 Å². The molecule has 0 fully saturated rings. The van der Waals surface area contributed by atoms with Gasteiger partial charge in [-0.2, -0.15) is 0 Å². The van der Waals surface area contributed by atoms with Gasteiger partial charge in [0.05, 0.1) is 29.1 Å². The largest absolute Gasteiger partial charge is 0.465 e. The number of halogens is 4. The molecule has 0 aliphatic heterocycles. The van der Waals surface area contributed by atoms with Crippen molar-refractivity contribution in [3.8, 4) is 11.3 Å². The van der Waals surface area contributed by atoms with Crippen LogP contribution >= 0.6 is 11.6 Å². The summed E-state index contributed by atoms with van der Waals surface area (Å²) in [7, 11) is 1.15. The second-order valence-corrected chi connectivity index (χ2v) is 5.57. The first-order chi connectivity index (χ1) is 12.5. The molecule has 0 spiro atoms. The number of nitrogens with zero attached hydrogens (tertiary/aromatic N) is 1. The highest BCUT2D eigenvalue weighted by Gasteiger charge is 2.20. The quantitative estimate of drug-likeness (QED) is 0.511. The molecule has 0 bridgehead atoms. The van der Waals surface area contributed by atoms with Crippen molar-refractivity contribution < 1.29 is 22.7 Å². The third-order valence-corrected chi connectivity index (χ3v) is 3.95. The zero-order chi connectivity index (χ0) is 19.3. The van der Waals surface area contributed by atoms with Gasteiger partial charge >= 0.3 is 5.97 Å². The molecule has 0 aliphatic rings. The van der Waals surface area contributed by atoms with Crippen molar-refractivity contribution in [2.24, 2.45) is 0 Å². The molecule has 7 heteroatoms. The molecule has 0 radical (unpaired) electrons. The number of hydrogen-bond acceptors (Lipinski definition) is 3. The zero-order valence-corrected chi connectivity index (χ0v) is 14.6. The molecule has 3 nitrogen and oxygen atoms in total. The van der Waals surface area contributed by atoms with E-state index in [1.807, 2.05) is 0 Å². The number of alkyl halides is 2. The molecule has 136 valence electrons. The smallest absolute Gasteiger partial charge is 0.339 e. The molecule has 2 rings (SSSR count). The molecular formula is C19H15ClF3NO2. The first kappa shape index (κ1) is 19.7. The van der Waals surface area contributed by atoms with Crippen molar-refractivity contribution in [2.45, 2.75) is 6.67 Å². The van der Waals surface area contributed by atoms with E-state index in [0.29, 0.717) is 11.1 Å². The fourth-order valence-electron chi connectivity index (χ4n) is 2.37. The predicted octanol–water partition coefficient (Wildman–Crippen LogP) is 5.18. The second kappa shape index (κ2) is 8.67. The Morgan fingerprint density at radius 2 is 2.08 bits per heavy atom. The van der Waals surface area contributed by atoms with Gasteiger partial charge in [-0.25, -0.2) is 22.9 Å². The van der Waals surface area contributed by atoms with Gasteiger partial charge in [-0.1, -0.05) is 24.3 Å². The van der Waals surface area contributed by atoms with Gasteiger partial charge in [0.15, 0.2) is 0 Å². The van der Waals surface area contributed by atoms with Gasteiger partial charge in [0, 0.05) is 16.7 Å². The Kier molecular flexibility index (Phi) is 6.58. The van der Waals surface area contributed by atoms with Crippen LogP contribution in [0.5, 0.6) is 0 Å². The number of hydrogen-bond donors (Lipinski definition) is 0. The Morgan fingerprint density at radius 1 is 1.35 bits per heavy atom. The summed E-state index contributed by atoms with van der Waals surface area (Å²) in [6.07, 6.45) is 2.39. The van der Waals surface area contributed by atoms with Crippen LogP contribution < -0.4 is 0 Å². The van der Waals surface area contributed by atoms with E-state index in [1.54, 1.807) is 0 Å². The van der Waals surface area contributed by atoms with Crippen LogP contribution in [0.2, 0.25) is 5.02 Å². The summed E-state index contributed by atoms with van der Waals surface area (Å²) in [5.74, 6) is -1.48. The summed E-state index contributed by atoms with van der Waals surface area (Å²) < 4.78 is 44.0. The summed E-state index contributed by atoms with van der Waals surface area (Å²) in [6, 6.07) is 5.28. The van der Waals surface area contributed by atoms with Crippen LogP contribution in [0.25, 0.3) is 22.9 Å². The van der Waals surface area contributed by atoms with E-state index >= 15 is 0 Å². The Bertz CT molecular complexity index is 881. The summed E-state index contributed by atoms with van der Waals surface area (Å²) in [4.78, 5) is 16.3. The van der Waals surface area contributed by atoms with Crippen LogP contribution in [0.4, 0.5) is 13.2 Å². The molecule has 1 aromatic heterocycles. The third kappa shape index (κ3) is 3.96. The van der Waals surface area contributed by atoms with Crippen molar-refractivity contribution in [1.82, 2.24) is 4.98 Å². The normalized spacial score (nSPS) is 11.3. The molecule has 1 heterocycles. The minimum absolute atomic E-state index is 0.0677. The van der Waals surface area contributed by atoms with Crippen molar-refractivity contribution in [3.05, 3.63) is 64.6 Å². The lowest BCUT2D eigenvalue weighted by Gasteiger charge is -2.13. The van der Waals surface area contributed by atoms with Crippen LogP contribution in [0.1, 0.15) is 16.8 Å². The minimum Gasteiger partial charge on any atom is -0.465 e. The van der Waals surface area contributed by atoms with Crippen LogP contribution in [0.15, 0.2) is 36.9 Å². The van der Waals surface area contributed by atoms with E-state index in [2.05, 4.69) is 16.3 Å². The van der Waals surface area contributed by atoms with Crippen LogP contribution in [0.3, 0.4) is 0 Å². The maximum Gasteiger partial charge on any atom is 0.339 e. The molecule has 0 unspecified atom stereocenters. The molecule has 0 amide bonds. The highest BCUT2D eigenvalue weighted by molar-refractivity contribution is 6.33. The standard InChI is InChI=1S/C19H15ClF3NO2/c1-3-13-15(20)9-17(11-4-5-16(23)12(8-11)10-22)24-18(13)14(6-7-21)19(25)26-2/h3-6,8-9H,1,7,10H2,2H3/b14-6+. The van der Waals surface area contributed by atoms with Gasteiger partial charge in [0.2, 0.25) is 0 Å². The number of rotatable bonds is 6. The van der Waals surface area contributed by atoms with E-state index in [0.717, 1.165) is 19.3 Å². The van der Waals surface area contributed by atoms with E-state index in [1.165, 1.54) is 24.3 Å². The van der Waals surface area contributed by atoms with Crippen molar-refractivity contribution in [3.63, 3.8) is 0 Å². The maximum atomic E-state index is 13.5. The van der Waals surface area contributed by atoms with Crippen molar-refractivity contribution in [1.29, 1.82) is 0 Å². The van der Waals surface area contributed by atoms with Gasteiger partial charge in [0.1, 0.15) is 19.2 Å². The minimum atomic E-state index is -0.986. The number of carbonyl (C=O) groups excluding carboxylic acids is 1. The number of allylic oxidation sites excluding steroid dienone is 1. The monoisotopic (exact) mass is 381 g/mol. The van der Waals surface area contributed by atoms with Gasteiger partial charge in [0.25, 0.3) is 0 Å². The maximum absolute atomic E-state index is 13.5. The molecule has 0 atom stereocenters. The topological polar surface area (TPSA) is 39.2 Å². The Labute approximate surface area is 153 Å². The van der Waals surface area contributed by atoms with Gasteiger partial charge in [-0.05, 0) is 30.3 Å². The fraction of sp³-hybridized carbons (Fsp3) is 0.158. The molecule has 0 aliphatic carbocycles. The molecule has 0 saturated heterocycles. The third-order valence-electron chi connectivity index (χ3n) is 3.64. The number of esters is 1. The van der Waals surface area contributed by atoms with Crippen molar-refractivity contribution >= 4 is 29.2 Å². The lowest BCUT2D eigenvalue weighted by atomic mass is 10.0. The zero-order valence-electron chi connectivity index (χ0n) is 13.9. The van der Waals surface area contributed by atoms with E-state index in [4.69, 9.17) is 11.6 Å². The molecule has 0 N–H and O–H groups in total. The van der Waals surface area contributed by atoms with Crippen LogP contribution in [-0.4, -0.2) is 24.7 Å². The average Bonchev–Trinajstić information content (AvgIpc) is 2.65. The molecule has 1 aromatic carbocycles.